The van der Waals surface area contributed by atoms with Crippen molar-refractivity contribution in [1.82, 2.24) is 0 Å². The van der Waals surface area contributed by atoms with Crippen LogP contribution in [0.4, 0.5) is 4.39 Å². The molecule has 2 aromatic carbocycles. The van der Waals surface area contributed by atoms with E-state index in [0.717, 1.165) is 6.07 Å². The number of hydrogen-bond donors (Lipinski definition) is 0. The van der Waals surface area contributed by atoms with Gasteiger partial charge in [-0.3, -0.25) is 4.79 Å². The molecule has 3 nitrogen and oxygen atoms in total. The van der Waals surface area contributed by atoms with Gasteiger partial charge in [-0.25, -0.2) is 9.18 Å². The number of Topliss-reactive ketones (excluding diaryl/α,β-unsaturated/α-hetero) is 1. The summed E-state index contributed by atoms with van der Waals surface area (Å²) in [4.78, 5) is 23.5. The van der Waals surface area contributed by atoms with Crippen molar-refractivity contribution >= 4 is 27.7 Å². The molecule has 2 rings (SSSR count). The lowest BCUT2D eigenvalue weighted by molar-refractivity contribution is 0.0470. The molecule has 0 unspecified atom stereocenters. The molecule has 0 spiro atoms. The fraction of sp³-hybridized carbons (Fsp3) is 0.0667. The van der Waals surface area contributed by atoms with E-state index in [1.54, 1.807) is 30.3 Å². The zero-order valence-electron chi connectivity index (χ0n) is 10.3. The average molecular weight is 337 g/mol. The number of esters is 1. The summed E-state index contributed by atoms with van der Waals surface area (Å²) < 4.78 is 18.8. The fourth-order valence-corrected chi connectivity index (χ4v) is 1.93. The summed E-state index contributed by atoms with van der Waals surface area (Å²) in [7, 11) is 0. The fourth-order valence-electron chi connectivity index (χ4n) is 1.57. The normalized spacial score (nSPS) is 10.1. The van der Waals surface area contributed by atoms with E-state index in [1.807, 2.05) is 0 Å². The molecule has 0 amide bonds. The molecule has 0 aliphatic carbocycles. The SMILES string of the molecule is O=C(COC(=O)c1cc(Br)ccc1F)c1ccccc1. The molecule has 0 saturated carbocycles. The summed E-state index contributed by atoms with van der Waals surface area (Å²) >= 11 is 3.14. The summed E-state index contributed by atoms with van der Waals surface area (Å²) in [6.45, 7) is -0.422. The molecule has 102 valence electrons. The first-order valence-corrected chi connectivity index (χ1v) is 6.57. The third kappa shape index (κ3) is 3.51. The number of ketones is 1. The lowest BCUT2D eigenvalue weighted by atomic mass is 10.1. The monoisotopic (exact) mass is 336 g/mol. The highest BCUT2D eigenvalue weighted by molar-refractivity contribution is 9.10. The molecule has 0 aliphatic rings. The van der Waals surface area contributed by atoms with Gasteiger partial charge in [0.05, 0.1) is 5.56 Å². The Kier molecular flexibility index (Phi) is 4.63. The Morgan fingerprint density at radius 2 is 1.80 bits per heavy atom. The first kappa shape index (κ1) is 14.4. The van der Waals surface area contributed by atoms with Gasteiger partial charge in [0.2, 0.25) is 0 Å². The van der Waals surface area contributed by atoms with Crippen LogP contribution in [0.3, 0.4) is 0 Å². The Morgan fingerprint density at radius 3 is 2.50 bits per heavy atom. The van der Waals surface area contributed by atoms with Crippen LogP contribution in [-0.4, -0.2) is 18.4 Å². The van der Waals surface area contributed by atoms with Crippen LogP contribution in [0.25, 0.3) is 0 Å². The predicted molar refractivity (Wildman–Crippen MR) is 75.2 cm³/mol. The summed E-state index contributed by atoms with van der Waals surface area (Å²) in [5, 5.41) is 0. The van der Waals surface area contributed by atoms with Gasteiger partial charge in [0.15, 0.2) is 12.4 Å². The molecule has 0 aromatic heterocycles. The van der Waals surface area contributed by atoms with Gasteiger partial charge in [-0.1, -0.05) is 46.3 Å². The van der Waals surface area contributed by atoms with Gasteiger partial charge < -0.3 is 4.74 Å². The van der Waals surface area contributed by atoms with Gasteiger partial charge in [-0.2, -0.15) is 0 Å². The Balaban J connectivity index is 2.02. The molecule has 0 atom stereocenters. The maximum atomic E-state index is 13.5. The topological polar surface area (TPSA) is 43.4 Å². The van der Waals surface area contributed by atoms with E-state index in [0.29, 0.717) is 10.0 Å². The number of carbonyl (C=O) groups is 2. The van der Waals surface area contributed by atoms with Crippen molar-refractivity contribution in [3.8, 4) is 0 Å². The number of ether oxygens (including phenoxy) is 1. The summed E-state index contributed by atoms with van der Waals surface area (Å²) in [5.41, 5.74) is 0.232. The summed E-state index contributed by atoms with van der Waals surface area (Å²) in [5.74, 6) is -1.90. The van der Waals surface area contributed by atoms with Crippen LogP contribution >= 0.6 is 15.9 Å². The van der Waals surface area contributed by atoms with Crippen LogP contribution in [0.1, 0.15) is 20.7 Å². The Bertz CT molecular complexity index is 641. The second-order valence-electron chi connectivity index (χ2n) is 3.99. The van der Waals surface area contributed by atoms with E-state index >= 15 is 0 Å². The maximum Gasteiger partial charge on any atom is 0.341 e. The van der Waals surface area contributed by atoms with E-state index in [1.165, 1.54) is 12.1 Å². The Hall–Kier alpha value is -2.01. The number of carbonyl (C=O) groups excluding carboxylic acids is 2. The van der Waals surface area contributed by atoms with Crippen LogP contribution in [0.2, 0.25) is 0 Å². The van der Waals surface area contributed by atoms with Crippen LogP contribution < -0.4 is 0 Å². The van der Waals surface area contributed by atoms with Crippen LogP contribution in [0.5, 0.6) is 0 Å². The third-order valence-electron chi connectivity index (χ3n) is 2.58. The minimum Gasteiger partial charge on any atom is -0.454 e. The van der Waals surface area contributed by atoms with Crippen molar-refractivity contribution in [2.24, 2.45) is 0 Å². The van der Waals surface area contributed by atoms with Crippen molar-refractivity contribution < 1.29 is 18.7 Å². The van der Waals surface area contributed by atoms with E-state index in [-0.39, 0.29) is 11.3 Å². The van der Waals surface area contributed by atoms with E-state index < -0.39 is 18.4 Å². The average Bonchev–Trinajstić information content (AvgIpc) is 2.47. The highest BCUT2D eigenvalue weighted by Gasteiger charge is 2.15. The number of halogens is 2. The molecular weight excluding hydrogens is 327 g/mol. The van der Waals surface area contributed by atoms with Gasteiger partial charge in [-0.15, -0.1) is 0 Å². The standard InChI is InChI=1S/C15H10BrFO3/c16-11-6-7-13(17)12(8-11)15(19)20-9-14(18)10-4-2-1-3-5-10/h1-8H,9H2. The lowest BCUT2D eigenvalue weighted by Gasteiger charge is -2.05. The molecule has 0 saturated heterocycles. The summed E-state index contributed by atoms with van der Waals surface area (Å²) in [6.07, 6.45) is 0. The molecule has 0 N–H and O–H groups in total. The predicted octanol–water partition coefficient (Wildman–Crippen LogP) is 3.63. The smallest absolute Gasteiger partial charge is 0.341 e. The van der Waals surface area contributed by atoms with Gasteiger partial charge in [0.25, 0.3) is 0 Å². The molecule has 0 heterocycles. The number of hydrogen-bond acceptors (Lipinski definition) is 3. The first-order chi connectivity index (χ1) is 9.58. The van der Waals surface area contributed by atoms with Crippen molar-refractivity contribution in [3.05, 3.63) is 69.9 Å². The van der Waals surface area contributed by atoms with Crippen molar-refractivity contribution in [2.75, 3.05) is 6.61 Å². The maximum absolute atomic E-state index is 13.5. The van der Waals surface area contributed by atoms with Gasteiger partial charge >= 0.3 is 5.97 Å². The lowest BCUT2D eigenvalue weighted by Crippen LogP contribution is -2.15. The van der Waals surface area contributed by atoms with Crippen molar-refractivity contribution in [1.29, 1.82) is 0 Å². The molecule has 0 bridgehead atoms. The van der Waals surface area contributed by atoms with Crippen LogP contribution in [0, 0.1) is 5.82 Å². The number of benzene rings is 2. The minimum atomic E-state index is -0.868. The molecular formula is C15H10BrFO3. The molecule has 20 heavy (non-hydrogen) atoms. The first-order valence-electron chi connectivity index (χ1n) is 5.78. The second kappa shape index (κ2) is 6.43. The molecule has 0 radical (unpaired) electrons. The zero-order valence-corrected chi connectivity index (χ0v) is 11.9. The third-order valence-corrected chi connectivity index (χ3v) is 3.07. The summed E-state index contributed by atoms with van der Waals surface area (Å²) in [6, 6.07) is 12.4. The molecule has 0 aliphatic heterocycles. The van der Waals surface area contributed by atoms with Crippen LogP contribution in [-0.2, 0) is 4.74 Å². The quantitative estimate of drug-likeness (QED) is 0.632. The van der Waals surface area contributed by atoms with E-state index in [2.05, 4.69) is 15.9 Å². The second-order valence-corrected chi connectivity index (χ2v) is 4.91. The van der Waals surface area contributed by atoms with Crippen molar-refractivity contribution in [2.45, 2.75) is 0 Å². The molecule has 2 aromatic rings. The number of rotatable bonds is 4. The van der Waals surface area contributed by atoms with Crippen LogP contribution in [0.15, 0.2) is 53.0 Å². The Labute approximate surface area is 123 Å². The molecule has 5 heteroatoms. The molecule has 0 fully saturated rings. The Morgan fingerprint density at radius 1 is 1.10 bits per heavy atom. The highest BCUT2D eigenvalue weighted by atomic mass is 79.9. The minimum absolute atomic E-state index is 0.208. The zero-order chi connectivity index (χ0) is 14.5. The van der Waals surface area contributed by atoms with Gasteiger partial charge in [-0.05, 0) is 18.2 Å². The van der Waals surface area contributed by atoms with Gasteiger partial charge in [0, 0.05) is 10.0 Å². The highest BCUT2D eigenvalue weighted by Crippen LogP contribution is 2.16. The van der Waals surface area contributed by atoms with E-state index in [9.17, 15) is 14.0 Å². The van der Waals surface area contributed by atoms with E-state index in [4.69, 9.17) is 4.74 Å². The van der Waals surface area contributed by atoms with Crippen molar-refractivity contribution in [3.63, 3.8) is 0 Å². The largest absolute Gasteiger partial charge is 0.454 e. The van der Waals surface area contributed by atoms with Gasteiger partial charge in [0.1, 0.15) is 5.82 Å².